The van der Waals surface area contributed by atoms with E-state index in [-0.39, 0.29) is 19.0 Å². The second-order valence-electron chi connectivity index (χ2n) is 6.26. The molecular formula is C18H26ClNO5. The molecule has 0 spiro atoms. The van der Waals surface area contributed by atoms with Gasteiger partial charge in [-0.05, 0) is 31.0 Å². The minimum atomic E-state index is -0.645. The molecule has 2 rings (SSSR count). The summed E-state index contributed by atoms with van der Waals surface area (Å²) in [6.45, 7) is 7.44. The molecule has 25 heavy (non-hydrogen) atoms. The van der Waals surface area contributed by atoms with E-state index in [1.165, 1.54) is 6.07 Å². The zero-order valence-corrected chi connectivity index (χ0v) is 15.8. The minimum absolute atomic E-state index is 0. The molecule has 1 unspecified atom stereocenters. The zero-order chi connectivity index (χ0) is 17.7. The standard InChI is InChI=1S/C18H25NO5.ClH/c1-11(2)8-19-9-13(20)10-23-17-7-15-14(6-16(17)22-4)12(3)5-18(21)24-15;/h5-7,11,13,19-20H,8-10H2,1-4H3;1H. The van der Waals surface area contributed by atoms with Gasteiger partial charge in [0.1, 0.15) is 18.3 Å². The Morgan fingerprint density at radius 3 is 2.56 bits per heavy atom. The lowest BCUT2D eigenvalue weighted by molar-refractivity contribution is 0.104. The quantitative estimate of drug-likeness (QED) is 0.694. The Hall–Kier alpha value is -1.76. The van der Waals surface area contributed by atoms with Crippen LogP contribution in [0.4, 0.5) is 0 Å². The molecular weight excluding hydrogens is 346 g/mol. The SMILES string of the molecule is COc1cc2c(C)cc(=O)oc2cc1OCC(O)CNCC(C)C.Cl. The predicted octanol–water partition coefficient (Wildman–Crippen LogP) is 2.52. The number of nitrogens with one attached hydrogen (secondary N) is 1. The fraction of sp³-hybridized carbons (Fsp3) is 0.500. The number of benzene rings is 1. The smallest absolute Gasteiger partial charge is 0.336 e. The van der Waals surface area contributed by atoms with Crippen molar-refractivity contribution in [1.29, 1.82) is 0 Å². The van der Waals surface area contributed by atoms with Gasteiger partial charge in [-0.2, -0.15) is 0 Å². The van der Waals surface area contributed by atoms with Crippen molar-refractivity contribution in [2.24, 2.45) is 5.92 Å². The van der Waals surface area contributed by atoms with E-state index in [1.807, 2.05) is 6.92 Å². The normalized spacial score (nSPS) is 12.1. The van der Waals surface area contributed by atoms with Gasteiger partial charge in [0, 0.05) is 24.1 Å². The Bertz CT molecular complexity index is 744. The fourth-order valence-corrected chi connectivity index (χ4v) is 2.38. The van der Waals surface area contributed by atoms with Crippen LogP contribution in [0.3, 0.4) is 0 Å². The number of ether oxygens (including phenoxy) is 2. The second kappa shape index (κ2) is 9.65. The van der Waals surface area contributed by atoms with Crippen molar-refractivity contribution in [3.63, 3.8) is 0 Å². The summed E-state index contributed by atoms with van der Waals surface area (Å²) in [5.41, 5.74) is 0.835. The number of methoxy groups -OCH3 is 1. The number of aryl methyl sites for hydroxylation is 1. The first-order valence-corrected chi connectivity index (χ1v) is 8.04. The number of fused-ring (bicyclic) bond motifs is 1. The molecule has 2 aromatic rings. The Kier molecular flexibility index (Phi) is 8.22. The molecule has 0 aliphatic carbocycles. The lowest BCUT2D eigenvalue weighted by atomic mass is 10.1. The summed E-state index contributed by atoms with van der Waals surface area (Å²) < 4.78 is 16.2. The highest BCUT2D eigenvalue weighted by Gasteiger charge is 2.13. The van der Waals surface area contributed by atoms with Crippen LogP contribution < -0.4 is 20.4 Å². The van der Waals surface area contributed by atoms with E-state index in [0.717, 1.165) is 17.5 Å². The predicted molar refractivity (Wildman–Crippen MR) is 100 cm³/mol. The number of hydrogen-bond acceptors (Lipinski definition) is 6. The second-order valence-corrected chi connectivity index (χ2v) is 6.26. The largest absolute Gasteiger partial charge is 0.493 e. The van der Waals surface area contributed by atoms with Crippen LogP contribution in [-0.2, 0) is 0 Å². The maximum absolute atomic E-state index is 11.5. The molecule has 0 saturated heterocycles. The van der Waals surface area contributed by atoms with Gasteiger partial charge in [0.2, 0.25) is 0 Å². The molecule has 0 bridgehead atoms. The number of aliphatic hydroxyl groups excluding tert-OH is 1. The van der Waals surface area contributed by atoms with Gasteiger partial charge in [-0.1, -0.05) is 13.8 Å². The van der Waals surface area contributed by atoms with Crippen molar-refractivity contribution in [2.45, 2.75) is 26.9 Å². The molecule has 0 saturated carbocycles. The molecule has 7 heteroatoms. The maximum Gasteiger partial charge on any atom is 0.336 e. The molecule has 1 aromatic heterocycles. The van der Waals surface area contributed by atoms with Gasteiger partial charge >= 0.3 is 5.63 Å². The topological polar surface area (TPSA) is 80.9 Å². The van der Waals surface area contributed by atoms with E-state index < -0.39 is 11.7 Å². The lowest BCUT2D eigenvalue weighted by Crippen LogP contribution is -2.33. The number of rotatable bonds is 8. The molecule has 0 radical (unpaired) electrons. The Morgan fingerprint density at radius 1 is 1.20 bits per heavy atom. The van der Waals surface area contributed by atoms with Crippen molar-refractivity contribution >= 4 is 23.4 Å². The number of aliphatic hydroxyl groups is 1. The van der Waals surface area contributed by atoms with E-state index in [1.54, 1.807) is 19.2 Å². The van der Waals surface area contributed by atoms with Crippen molar-refractivity contribution in [2.75, 3.05) is 26.8 Å². The highest BCUT2D eigenvalue weighted by molar-refractivity contribution is 5.85. The van der Waals surface area contributed by atoms with Crippen molar-refractivity contribution in [3.8, 4) is 11.5 Å². The molecule has 0 aliphatic heterocycles. The van der Waals surface area contributed by atoms with Gasteiger partial charge in [-0.3, -0.25) is 0 Å². The summed E-state index contributed by atoms with van der Waals surface area (Å²) in [6, 6.07) is 4.83. The summed E-state index contributed by atoms with van der Waals surface area (Å²) in [5.74, 6) is 1.48. The molecule has 1 aromatic carbocycles. The average Bonchev–Trinajstić information content (AvgIpc) is 2.51. The first-order chi connectivity index (χ1) is 11.4. The highest BCUT2D eigenvalue weighted by atomic mass is 35.5. The summed E-state index contributed by atoms with van der Waals surface area (Å²) in [5, 5.41) is 13.9. The van der Waals surface area contributed by atoms with E-state index in [2.05, 4.69) is 19.2 Å². The molecule has 6 nitrogen and oxygen atoms in total. The third-order valence-electron chi connectivity index (χ3n) is 3.60. The highest BCUT2D eigenvalue weighted by Crippen LogP contribution is 2.33. The third-order valence-corrected chi connectivity index (χ3v) is 3.60. The Balaban J connectivity index is 0.00000312. The van der Waals surface area contributed by atoms with Gasteiger partial charge in [0.15, 0.2) is 11.5 Å². The van der Waals surface area contributed by atoms with Crippen LogP contribution in [0.5, 0.6) is 11.5 Å². The average molecular weight is 372 g/mol. The molecule has 0 fully saturated rings. The molecule has 0 amide bonds. The van der Waals surface area contributed by atoms with Gasteiger partial charge < -0.3 is 24.3 Å². The van der Waals surface area contributed by atoms with Gasteiger partial charge in [-0.25, -0.2) is 4.79 Å². The van der Waals surface area contributed by atoms with Crippen LogP contribution in [0.2, 0.25) is 0 Å². The first-order valence-electron chi connectivity index (χ1n) is 8.04. The summed E-state index contributed by atoms with van der Waals surface area (Å²) >= 11 is 0. The number of hydrogen-bond donors (Lipinski definition) is 2. The van der Waals surface area contributed by atoms with Crippen molar-refractivity contribution < 1.29 is 19.0 Å². The summed E-state index contributed by atoms with van der Waals surface area (Å²) in [4.78, 5) is 11.5. The Labute approximate surface area is 153 Å². The van der Waals surface area contributed by atoms with Crippen LogP contribution in [0.25, 0.3) is 11.0 Å². The van der Waals surface area contributed by atoms with E-state index in [0.29, 0.717) is 29.5 Å². The van der Waals surface area contributed by atoms with Crippen LogP contribution in [-0.4, -0.2) is 38.0 Å². The summed E-state index contributed by atoms with van der Waals surface area (Å²) in [7, 11) is 1.54. The summed E-state index contributed by atoms with van der Waals surface area (Å²) in [6.07, 6.45) is -0.645. The molecule has 1 atom stereocenters. The number of halogens is 1. The van der Waals surface area contributed by atoms with Crippen LogP contribution in [0.1, 0.15) is 19.4 Å². The Morgan fingerprint density at radius 2 is 1.92 bits per heavy atom. The van der Waals surface area contributed by atoms with Crippen LogP contribution in [0, 0.1) is 12.8 Å². The van der Waals surface area contributed by atoms with Gasteiger partial charge in [0.05, 0.1) is 7.11 Å². The van der Waals surface area contributed by atoms with Crippen LogP contribution in [0.15, 0.2) is 27.4 Å². The van der Waals surface area contributed by atoms with Crippen LogP contribution >= 0.6 is 12.4 Å². The first kappa shape index (κ1) is 21.3. The fourth-order valence-electron chi connectivity index (χ4n) is 2.38. The molecule has 140 valence electrons. The van der Waals surface area contributed by atoms with E-state index in [4.69, 9.17) is 13.9 Å². The van der Waals surface area contributed by atoms with E-state index >= 15 is 0 Å². The van der Waals surface area contributed by atoms with Crippen molar-refractivity contribution in [3.05, 3.63) is 34.2 Å². The van der Waals surface area contributed by atoms with Crippen molar-refractivity contribution in [1.82, 2.24) is 5.32 Å². The van der Waals surface area contributed by atoms with Gasteiger partial charge in [-0.15, -0.1) is 12.4 Å². The monoisotopic (exact) mass is 371 g/mol. The van der Waals surface area contributed by atoms with E-state index in [9.17, 15) is 9.90 Å². The third kappa shape index (κ3) is 5.92. The maximum atomic E-state index is 11.5. The molecule has 2 N–H and O–H groups in total. The molecule has 0 aliphatic rings. The zero-order valence-electron chi connectivity index (χ0n) is 15.0. The minimum Gasteiger partial charge on any atom is -0.493 e. The molecule has 1 heterocycles. The van der Waals surface area contributed by atoms with Gasteiger partial charge in [0.25, 0.3) is 0 Å². The lowest BCUT2D eigenvalue weighted by Gasteiger charge is -2.16.